The van der Waals surface area contributed by atoms with Crippen molar-refractivity contribution in [2.75, 3.05) is 33.3 Å². The van der Waals surface area contributed by atoms with Crippen LogP contribution in [0.3, 0.4) is 0 Å². The maximum absolute atomic E-state index is 13.6. The topological polar surface area (TPSA) is 137 Å². The van der Waals surface area contributed by atoms with E-state index in [0.717, 1.165) is 44.9 Å². The van der Waals surface area contributed by atoms with Crippen molar-refractivity contribution in [2.45, 2.75) is 89.3 Å². The molecule has 3 aliphatic rings. The third-order valence-electron chi connectivity index (χ3n) is 7.64. The van der Waals surface area contributed by atoms with E-state index < -0.39 is 35.3 Å². The van der Waals surface area contributed by atoms with Gasteiger partial charge >= 0.3 is 12.1 Å². The third-order valence-corrected chi connectivity index (χ3v) is 7.64. The molecule has 0 aromatic heterocycles. The van der Waals surface area contributed by atoms with Gasteiger partial charge in [-0.25, -0.2) is 9.59 Å². The average Bonchev–Trinajstić information content (AvgIpc) is 3.39. The second kappa shape index (κ2) is 12.4. The summed E-state index contributed by atoms with van der Waals surface area (Å²) in [5.74, 6) is -2.03. The molecule has 3 rings (SSSR count). The van der Waals surface area contributed by atoms with Gasteiger partial charge < -0.3 is 30.5 Å². The molecule has 2 aliphatic carbocycles. The standard InChI is InChI=1S/C25H41N5O6/c1-17(2)19(20(31)21(32)26-18-9-5-6-10-18)27-22(33)25(11-7-4-8-12-25)28-23(34)29-13-15-30(16-14-29)24(35)36-3/h17-19H,4-16H2,1-3H3,(H,26,32)(H,27,33)(H,28,34)/t19-/m0/s1. The first-order valence-corrected chi connectivity index (χ1v) is 13.2. The zero-order valence-corrected chi connectivity index (χ0v) is 21.8. The van der Waals surface area contributed by atoms with Gasteiger partial charge in [0.15, 0.2) is 0 Å². The van der Waals surface area contributed by atoms with Crippen molar-refractivity contribution in [2.24, 2.45) is 5.92 Å². The highest BCUT2D eigenvalue weighted by molar-refractivity contribution is 6.38. The number of piperazine rings is 1. The number of rotatable bonds is 7. The minimum absolute atomic E-state index is 0.00795. The van der Waals surface area contributed by atoms with Crippen molar-refractivity contribution in [3.63, 3.8) is 0 Å². The average molecular weight is 508 g/mol. The lowest BCUT2D eigenvalue weighted by Gasteiger charge is -2.41. The first-order valence-electron chi connectivity index (χ1n) is 13.2. The number of hydrogen-bond donors (Lipinski definition) is 3. The molecule has 0 bridgehead atoms. The highest BCUT2D eigenvalue weighted by Crippen LogP contribution is 2.29. The monoisotopic (exact) mass is 507 g/mol. The maximum atomic E-state index is 13.6. The summed E-state index contributed by atoms with van der Waals surface area (Å²) in [6, 6.07) is -1.34. The number of ether oxygens (including phenoxy) is 1. The van der Waals surface area contributed by atoms with Crippen molar-refractivity contribution >= 4 is 29.7 Å². The van der Waals surface area contributed by atoms with Crippen LogP contribution in [0.5, 0.6) is 0 Å². The van der Waals surface area contributed by atoms with Gasteiger partial charge in [-0.15, -0.1) is 0 Å². The number of amides is 5. The first kappa shape index (κ1) is 27.7. The summed E-state index contributed by atoms with van der Waals surface area (Å²) in [7, 11) is 1.32. The van der Waals surface area contributed by atoms with E-state index in [0.29, 0.717) is 39.0 Å². The predicted octanol–water partition coefficient (Wildman–Crippen LogP) is 1.55. The zero-order chi connectivity index (χ0) is 26.3. The third kappa shape index (κ3) is 6.67. The lowest BCUT2D eigenvalue weighted by atomic mass is 9.80. The molecule has 1 heterocycles. The van der Waals surface area contributed by atoms with Crippen LogP contribution in [0.25, 0.3) is 0 Å². The Morgan fingerprint density at radius 2 is 1.44 bits per heavy atom. The van der Waals surface area contributed by atoms with Crippen LogP contribution >= 0.6 is 0 Å². The van der Waals surface area contributed by atoms with Gasteiger partial charge in [0.1, 0.15) is 5.54 Å². The SMILES string of the molecule is COC(=O)N1CCN(C(=O)NC2(C(=O)N[C@H](C(=O)C(=O)NC3CCCC3)C(C)C)CCCCC2)CC1. The second-order valence-corrected chi connectivity index (χ2v) is 10.5. The van der Waals surface area contributed by atoms with Gasteiger partial charge in [0.05, 0.1) is 13.2 Å². The molecule has 11 nitrogen and oxygen atoms in total. The summed E-state index contributed by atoms with van der Waals surface area (Å²) in [5, 5.41) is 8.59. The van der Waals surface area contributed by atoms with Gasteiger partial charge in [0, 0.05) is 32.2 Å². The number of ketones is 1. The lowest BCUT2D eigenvalue weighted by Crippen LogP contribution is -2.65. The van der Waals surface area contributed by atoms with E-state index in [4.69, 9.17) is 4.74 Å². The Morgan fingerprint density at radius 1 is 0.861 bits per heavy atom. The zero-order valence-electron chi connectivity index (χ0n) is 21.8. The molecule has 2 saturated carbocycles. The summed E-state index contributed by atoms with van der Waals surface area (Å²) in [5.41, 5.74) is -1.15. The van der Waals surface area contributed by atoms with Crippen molar-refractivity contribution in [1.82, 2.24) is 25.8 Å². The highest BCUT2D eigenvalue weighted by Gasteiger charge is 2.44. The number of nitrogens with one attached hydrogen (secondary N) is 3. The Bertz CT molecular complexity index is 827. The number of carbonyl (C=O) groups excluding carboxylic acids is 5. The molecule has 11 heteroatoms. The molecular formula is C25H41N5O6. The van der Waals surface area contributed by atoms with Crippen molar-refractivity contribution in [3.8, 4) is 0 Å². The molecule has 1 aliphatic heterocycles. The molecule has 5 amide bonds. The Labute approximate surface area is 213 Å². The number of nitrogens with zero attached hydrogens (tertiary/aromatic N) is 2. The summed E-state index contributed by atoms with van der Waals surface area (Å²) in [6.45, 7) is 4.93. The van der Waals surface area contributed by atoms with E-state index in [2.05, 4.69) is 16.0 Å². The normalized spacial score (nSPS) is 21.0. The number of urea groups is 1. The van der Waals surface area contributed by atoms with Crippen LogP contribution < -0.4 is 16.0 Å². The van der Waals surface area contributed by atoms with Gasteiger partial charge in [0.25, 0.3) is 5.91 Å². The number of hydrogen-bond acceptors (Lipinski definition) is 6. The van der Waals surface area contributed by atoms with E-state index >= 15 is 0 Å². The molecule has 0 aromatic carbocycles. The van der Waals surface area contributed by atoms with E-state index in [1.807, 2.05) is 0 Å². The fourth-order valence-electron chi connectivity index (χ4n) is 5.35. The molecule has 1 saturated heterocycles. The Hall–Kier alpha value is -2.85. The van der Waals surface area contributed by atoms with Crippen LogP contribution in [-0.2, 0) is 19.1 Å². The highest BCUT2D eigenvalue weighted by atomic mass is 16.5. The van der Waals surface area contributed by atoms with Gasteiger partial charge in [-0.05, 0) is 31.6 Å². The number of Topliss-reactive ketones (excluding diaryl/α,β-unsaturated/α-hetero) is 1. The van der Waals surface area contributed by atoms with Crippen LogP contribution in [0.4, 0.5) is 9.59 Å². The molecule has 36 heavy (non-hydrogen) atoms. The second-order valence-electron chi connectivity index (χ2n) is 10.5. The minimum Gasteiger partial charge on any atom is -0.453 e. The first-order chi connectivity index (χ1) is 17.2. The maximum Gasteiger partial charge on any atom is 0.409 e. The van der Waals surface area contributed by atoms with Gasteiger partial charge in [-0.1, -0.05) is 46.0 Å². The molecule has 0 aromatic rings. The molecule has 3 fully saturated rings. The summed E-state index contributed by atoms with van der Waals surface area (Å²) < 4.78 is 4.74. The van der Waals surface area contributed by atoms with Crippen molar-refractivity contribution in [1.29, 1.82) is 0 Å². The quantitative estimate of drug-likeness (QED) is 0.447. The fourth-order valence-corrected chi connectivity index (χ4v) is 5.35. The van der Waals surface area contributed by atoms with Crippen LogP contribution in [0, 0.1) is 5.92 Å². The van der Waals surface area contributed by atoms with Gasteiger partial charge in [0.2, 0.25) is 11.7 Å². The van der Waals surface area contributed by atoms with E-state index in [9.17, 15) is 24.0 Å². The molecule has 0 spiro atoms. The molecule has 1 atom stereocenters. The summed E-state index contributed by atoms with van der Waals surface area (Å²) >= 11 is 0. The molecule has 0 radical (unpaired) electrons. The van der Waals surface area contributed by atoms with Crippen LogP contribution in [-0.4, -0.2) is 90.4 Å². The minimum atomic E-state index is -1.15. The van der Waals surface area contributed by atoms with Gasteiger partial charge in [-0.3, -0.25) is 14.4 Å². The van der Waals surface area contributed by atoms with E-state index in [1.54, 1.807) is 18.7 Å². The van der Waals surface area contributed by atoms with Gasteiger partial charge in [-0.2, -0.15) is 0 Å². The smallest absolute Gasteiger partial charge is 0.409 e. The molecule has 0 unspecified atom stereocenters. The largest absolute Gasteiger partial charge is 0.453 e. The summed E-state index contributed by atoms with van der Waals surface area (Å²) in [4.78, 5) is 67.3. The number of carbonyl (C=O) groups is 5. The molecule has 3 N–H and O–H groups in total. The van der Waals surface area contributed by atoms with E-state index in [1.165, 1.54) is 12.0 Å². The molecular weight excluding hydrogens is 466 g/mol. The lowest BCUT2D eigenvalue weighted by molar-refractivity contribution is -0.142. The van der Waals surface area contributed by atoms with Crippen LogP contribution in [0.15, 0.2) is 0 Å². The van der Waals surface area contributed by atoms with Crippen molar-refractivity contribution in [3.05, 3.63) is 0 Å². The molecule has 202 valence electrons. The van der Waals surface area contributed by atoms with E-state index in [-0.39, 0.29) is 18.0 Å². The van der Waals surface area contributed by atoms with Crippen molar-refractivity contribution < 1.29 is 28.7 Å². The fraction of sp³-hybridized carbons (Fsp3) is 0.800. The summed E-state index contributed by atoms with van der Waals surface area (Å²) in [6.07, 6.45) is 6.77. The predicted molar refractivity (Wildman–Crippen MR) is 132 cm³/mol. The Kier molecular flexibility index (Phi) is 9.56. The number of methoxy groups -OCH3 is 1. The van der Waals surface area contributed by atoms with Crippen LogP contribution in [0.1, 0.15) is 71.6 Å². The Balaban J connectivity index is 1.66. The Morgan fingerprint density at radius 3 is 2.00 bits per heavy atom. The van der Waals surface area contributed by atoms with Crippen LogP contribution in [0.2, 0.25) is 0 Å².